The summed E-state index contributed by atoms with van der Waals surface area (Å²) in [5.41, 5.74) is 9.54. The highest BCUT2D eigenvalue weighted by atomic mass is 35.5. The number of aliphatic hydroxyl groups excluding tert-OH is 1. The van der Waals surface area contributed by atoms with E-state index >= 15 is 0 Å². The predicted molar refractivity (Wildman–Crippen MR) is 361 cm³/mol. The average molecular weight is 1380 g/mol. The number of fused-ring (bicyclic) bond motifs is 4. The lowest BCUT2D eigenvalue weighted by molar-refractivity contribution is -0.139. The minimum Gasteiger partial charge on any atom is -0.508 e. The molecule has 0 spiro atoms. The third-order valence-corrected chi connectivity index (χ3v) is 17.6. The van der Waals surface area contributed by atoms with Crippen molar-refractivity contribution in [3.8, 4) is 11.5 Å². The number of urea groups is 1. The van der Waals surface area contributed by atoms with Crippen molar-refractivity contribution in [2.45, 2.75) is 70.3 Å². The number of alkyl carbamates (subject to hydrolysis) is 1. The molecule has 8 rings (SSSR count). The minimum absolute atomic E-state index is 0.00317. The molecule has 1 fully saturated rings. The van der Waals surface area contributed by atoms with Gasteiger partial charge < -0.3 is 80.0 Å². The van der Waals surface area contributed by atoms with Crippen molar-refractivity contribution < 1.29 is 81.8 Å². The van der Waals surface area contributed by atoms with E-state index in [1.165, 1.54) is 52.9 Å². The summed E-state index contributed by atoms with van der Waals surface area (Å²) in [6, 6.07) is 20.9. The largest absolute Gasteiger partial charge is 0.508 e. The van der Waals surface area contributed by atoms with Crippen LogP contribution >= 0.6 is 23.4 Å². The Bertz CT molecular complexity index is 3840. The molecule has 10 amide bonds. The fourth-order valence-corrected chi connectivity index (χ4v) is 12.0. The van der Waals surface area contributed by atoms with Gasteiger partial charge in [0.15, 0.2) is 5.78 Å². The average Bonchev–Trinajstić information content (AvgIpc) is 1.60. The zero-order chi connectivity index (χ0) is 69.9. The van der Waals surface area contributed by atoms with E-state index in [1.807, 2.05) is 25.1 Å². The second-order valence-corrected chi connectivity index (χ2v) is 24.8. The van der Waals surface area contributed by atoms with E-state index in [9.17, 15) is 58.2 Å². The number of ether oxygens (including phenoxy) is 5. The first-order chi connectivity index (χ1) is 46.6. The molecule has 28 nitrogen and oxygen atoms in total. The molecule has 4 atom stereocenters. The van der Waals surface area contributed by atoms with Crippen LogP contribution in [0.4, 0.5) is 36.2 Å². The number of nitrogens with zero attached hydrogens (tertiary/aromatic N) is 6. The molecule has 0 bridgehead atoms. The quantitative estimate of drug-likeness (QED) is 0.0123. The van der Waals surface area contributed by atoms with Crippen LogP contribution in [0, 0.1) is 18.8 Å². The maximum atomic E-state index is 14.6. The van der Waals surface area contributed by atoms with Crippen LogP contribution in [0.2, 0.25) is 0 Å². The zero-order valence-corrected chi connectivity index (χ0v) is 56.0. The summed E-state index contributed by atoms with van der Waals surface area (Å²) in [5, 5.41) is 30.7. The lowest BCUT2D eigenvalue weighted by Crippen LogP contribution is -2.46. The Morgan fingerprint density at radius 2 is 1.60 bits per heavy atom. The van der Waals surface area contributed by atoms with Crippen molar-refractivity contribution in [3.05, 3.63) is 125 Å². The second kappa shape index (κ2) is 34.9. The summed E-state index contributed by atoms with van der Waals surface area (Å²) in [4.78, 5) is 142. The number of hydrogen-bond donors (Lipinski definition) is 7. The van der Waals surface area contributed by atoms with Gasteiger partial charge >= 0.3 is 24.3 Å². The van der Waals surface area contributed by atoms with E-state index in [0.29, 0.717) is 39.2 Å². The Kier molecular flexibility index (Phi) is 26.4. The van der Waals surface area contributed by atoms with Crippen LogP contribution in [0.5, 0.6) is 11.5 Å². The Hall–Kier alpha value is -9.55. The number of likely N-dealkylation sites (N-methyl/N-ethyl adjacent to an activating group) is 1. The smallest absolute Gasteiger partial charge is 0.415 e. The fourth-order valence-electron chi connectivity index (χ4n) is 11.1. The number of carbonyl (C=O) groups is 10. The number of halogens is 1. The van der Waals surface area contributed by atoms with Gasteiger partial charge in [0.1, 0.15) is 36.1 Å². The van der Waals surface area contributed by atoms with Crippen molar-refractivity contribution >= 4 is 116 Å². The van der Waals surface area contributed by atoms with E-state index in [0.717, 1.165) is 21.4 Å². The number of thioether (sulfide) groups is 1. The third-order valence-electron chi connectivity index (χ3n) is 16.3. The number of primary amides is 1. The van der Waals surface area contributed by atoms with Crippen LogP contribution in [0.3, 0.4) is 0 Å². The number of alkyl halides is 1. The second-order valence-electron chi connectivity index (χ2n) is 23.5. The Morgan fingerprint density at radius 3 is 2.30 bits per heavy atom. The Balaban J connectivity index is 0.861. The van der Waals surface area contributed by atoms with Gasteiger partial charge in [-0.2, -0.15) is 11.8 Å². The van der Waals surface area contributed by atoms with Crippen LogP contribution in [-0.4, -0.2) is 203 Å². The number of nitrogens with two attached hydrogens (primary N) is 1. The lowest BCUT2D eigenvalue weighted by atomic mass is 9.89. The SMILES string of the molecule is CSC1CC(=O)N(CCOCCOC(=O)N[C@H](C(=O)C[C@@H](CCCNC(N)=O)C(=O)Nc2ccc(COC(=O)N(C)CCN(CCOCCO)C(=O)Oc3cc4c(c5c(C)cccc35)[C@H](CCl)CN4C(=O)c3cn4cc(NC(=O)c5ccc(O)cc5)ccc4n3)cc2)C(C)C)C1=O. The molecule has 1 unspecified atom stereocenters. The predicted octanol–water partition coefficient (Wildman–Crippen LogP) is 7.04. The number of Topliss-reactive ketones (excluding diaryl/α,β-unsaturated/α-hetero) is 1. The normalized spacial score (nSPS) is 14.8. The summed E-state index contributed by atoms with van der Waals surface area (Å²) >= 11 is 7.96. The number of aliphatic hydroxyl groups is 1. The first-order valence-electron chi connectivity index (χ1n) is 31.5. The van der Waals surface area contributed by atoms with Gasteiger partial charge in [-0.25, -0.2) is 24.2 Å². The van der Waals surface area contributed by atoms with Gasteiger partial charge in [0.2, 0.25) is 17.7 Å². The molecule has 0 saturated carbocycles. The molecule has 8 N–H and O–H groups in total. The summed E-state index contributed by atoms with van der Waals surface area (Å²) in [7, 11) is 1.49. The number of imidazole rings is 1. The molecule has 0 radical (unpaired) electrons. The Morgan fingerprint density at radius 1 is 0.856 bits per heavy atom. The molecular formula is C67H80ClN11O17S. The van der Waals surface area contributed by atoms with Gasteiger partial charge in [0.05, 0.1) is 62.2 Å². The highest BCUT2D eigenvalue weighted by molar-refractivity contribution is 8.00. The first kappa shape index (κ1) is 73.3. The number of ketones is 1. The number of rotatable bonds is 33. The van der Waals surface area contributed by atoms with E-state index in [2.05, 4.69) is 26.3 Å². The van der Waals surface area contributed by atoms with Crippen LogP contribution in [0.25, 0.3) is 16.4 Å². The number of phenolic OH excluding ortho intramolecular Hbond substituents is 1. The summed E-state index contributed by atoms with van der Waals surface area (Å²) in [5.74, 6) is -3.67. The van der Waals surface area contributed by atoms with Crippen molar-refractivity contribution in [1.82, 2.24) is 34.7 Å². The molecule has 518 valence electrons. The number of benzene rings is 4. The molecule has 2 aliphatic heterocycles. The molecular weight excluding hydrogens is 1300 g/mol. The van der Waals surface area contributed by atoms with Crippen LogP contribution in [0.1, 0.15) is 83.0 Å². The zero-order valence-electron chi connectivity index (χ0n) is 54.4. The maximum absolute atomic E-state index is 14.6. The van der Waals surface area contributed by atoms with E-state index in [1.54, 1.807) is 84.3 Å². The van der Waals surface area contributed by atoms with Gasteiger partial charge in [-0.05, 0) is 103 Å². The topological polar surface area (TPSA) is 362 Å². The number of aromatic hydroxyl groups is 1. The highest BCUT2D eigenvalue weighted by Crippen LogP contribution is 2.47. The molecule has 97 heavy (non-hydrogen) atoms. The number of aryl methyl sites for hydroxylation is 1. The monoisotopic (exact) mass is 1380 g/mol. The summed E-state index contributed by atoms with van der Waals surface area (Å²) in [6.07, 6.45) is 2.81. The standard InChI is InChI=1S/C67H80ClN11O17S/c1-40(2)59(74-65(89)94-31-30-93-28-25-78-56(83)34-54(97-5)63(78)87)52(82)32-44(9-7-21-70-64(69)88)61(85)71-46-15-11-42(12-16-46)39-95-66(90)75(4)22-23-76(24-27-92-29-26-80)67(91)96-53-33-51-58(57-41(3)8-6-10-49(53)57)45(35-68)36-79(51)62(86)50-38-77-37-47(17-20-55(77)73-50)72-60(84)43-13-18-48(81)19-14-43/h6,8,10-20,33,37-38,40,44-45,54,59,80-81H,7,9,21-32,34-36,39H2,1-5H3,(H,71,85)(H,72,84)(H,74,89)(H3,69,70,88)/t44-,45-,54?,59+/m1/s1. The van der Waals surface area contributed by atoms with E-state index < -0.39 is 70.9 Å². The molecule has 4 aromatic carbocycles. The number of carbonyl (C=O) groups excluding carboxylic acids is 10. The lowest BCUT2D eigenvalue weighted by Gasteiger charge is -2.26. The van der Waals surface area contributed by atoms with Gasteiger partial charge in [-0.15, -0.1) is 11.6 Å². The van der Waals surface area contributed by atoms with Crippen molar-refractivity contribution in [2.75, 3.05) is 114 Å². The molecule has 0 aliphatic carbocycles. The fraction of sp³-hybridized carbons (Fsp3) is 0.418. The Labute approximate surface area is 568 Å². The number of amides is 10. The molecule has 2 aromatic heterocycles. The minimum atomic E-state index is -1.04. The molecule has 6 aromatic rings. The van der Waals surface area contributed by atoms with Crippen molar-refractivity contribution in [1.29, 1.82) is 0 Å². The number of anilines is 3. The van der Waals surface area contributed by atoms with Crippen LogP contribution in [-0.2, 0) is 44.7 Å². The maximum Gasteiger partial charge on any atom is 0.415 e. The third kappa shape index (κ3) is 19.6. The first-order valence-corrected chi connectivity index (χ1v) is 33.3. The number of nitrogens with one attached hydrogen (secondary N) is 4. The number of phenols is 1. The number of imide groups is 1. The molecule has 30 heteroatoms. The number of hydrogen-bond acceptors (Lipinski definition) is 19. The number of aromatic nitrogens is 2. The van der Waals surface area contributed by atoms with Gasteiger partial charge in [0, 0.05) is 105 Å². The van der Waals surface area contributed by atoms with Crippen LogP contribution < -0.4 is 36.6 Å². The molecule has 2 aliphatic rings. The van der Waals surface area contributed by atoms with Crippen molar-refractivity contribution in [3.63, 3.8) is 0 Å². The van der Waals surface area contributed by atoms with Gasteiger partial charge in [-0.1, -0.05) is 44.2 Å². The summed E-state index contributed by atoms with van der Waals surface area (Å²) < 4.78 is 29.7. The summed E-state index contributed by atoms with van der Waals surface area (Å²) in [6.45, 7) is 5.05. The number of likely N-dealkylation sites (tertiary alicyclic amines) is 1. The van der Waals surface area contributed by atoms with Gasteiger partial charge in [-0.3, -0.25) is 33.7 Å². The molecule has 1 saturated heterocycles. The highest BCUT2D eigenvalue weighted by Gasteiger charge is 2.39. The van der Waals surface area contributed by atoms with Crippen molar-refractivity contribution in [2.24, 2.45) is 17.6 Å². The van der Waals surface area contributed by atoms with E-state index in [-0.39, 0.29) is 152 Å². The van der Waals surface area contributed by atoms with Gasteiger partial charge in [0.25, 0.3) is 11.8 Å². The van der Waals surface area contributed by atoms with Crippen LogP contribution in [0.15, 0.2) is 97.3 Å². The van der Waals surface area contributed by atoms with E-state index in [4.69, 9.17) is 41.0 Å². The number of pyridine rings is 1. The molecule has 4 heterocycles.